The third kappa shape index (κ3) is 2.95. The summed E-state index contributed by atoms with van der Waals surface area (Å²) in [7, 11) is 1.72. The number of fused-ring (bicyclic) bond motifs is 1. The first kappa shape index (κ1) is 12.8. The fourth-order valence-corrected chi connectivity index (χ4v) is 1.92. The Morgan fingerprint density at radius 2 is 2.33 bits per heavy atom. The van der Waals surface area contributed by atoms with E-state index in [1.807, 2.05) is 0 Å². The van der Waals surface area contributed by atoms with Crippen LogP contribution in [0.25, 0.3) is 11.0 Å². The van der Waals surface area contributed by atoms with E-state index in [1.165, 1.54) is 19.2 Å². The fraction of sp³-hybridized carbons (Fsp3) is 0.583. The third-order valence-electron chi connectivity index (χ3n) is 2.86. The lowest BCUT2D eigenvalue weighted by molar-refractivity contribution is 0.182. The predicted molar refractivity (Wildman–Crippen MR) is 70.5 cm³/mol. The molecular formula is C12H19N5O. The standard InChI is InChI=1S/C12H19N5O/c1-3-4-5-9(7-18-2)16-11-10-6-15-17-12(10)14-8-13-11/h6,8-9H,3-5,7H2,1-2H3,(H2,13,14,15,16,17). The Morgan fingerprint density at radius 3 is 3.11 bits per heavy atom. The molecule has 18 heavy (non-hydrogen) atoms. The number of rotatable bonds is 7. The molecule has 0 aliphatic rings. The lowest BCUT2D eigenvalue weighted by atomic mass is 10.1. The van der Waals surface area contributed by atoms with Gasteiger partial charge in [-0.2, -0.15) is 5.10 Å². The average molecular weight is 249 g/mol. The van der Waals surface area contributed by atoms with Crippen LogP contribution < -0.4 is 5.32 Å². The molecule has 1 atom stereocenters. The Morgan fingerprint density at radius 1 is 1.44 bits per heavy atom. The molecule has 6 nitrogen and oxygen atoms in total. The van der Waals surface area contributed by atoms with Gasteiger partial charge in [0, 0.05) is 7.11 Å². The highest BCUT2D eigenvalue weighted by Crippen LogP contribution is 2.18. The van der Waals surface area contributed by atoms with E-state index in [0.717, 1.165) is 23.3 Å². The van der Waals surface area contributed by atoms with E-state index < -0.39 is 0 Å². The summed E-state index contributed by atoms with van der Waals surface area (Å²) in [5.41, 5.74) is 0.749. The number of hydrogen-bond acceptors (Lipinski definition) is 5. The van der Waals surface area contributed by atoms with Crippen molar-refractivity contribution in [1.82, 2.24) is 20.2 Å². The zero-order chi connectivity index (χ0) is 12.8. The number of aromatic nitrogens is 4. The molecule has 0 saturated carbocycles. The van der Waals surface area contributed by atoms with Crippen LogP contribution in [0.3, 0.4) is 0 Å². The van der Waals surface area contributed by atoms with Gasteiger partial charge in [0.15, 0.2) is 5.65 Å². The Hall–Kier alpha value is -1.69. The summed E-state index contributed by atoms with van der Waals surface area (Å²) in [6.07, 6.45) is 6.68. The average Bonchev–Trinajstić information content (AvgIpc) is 2.85. The van der Waals surface area contributed by atoms with Gasteiger partial charge in [-0.1, -0.05) is 19.8 Å². The minimum absolute atomic E-state index is 0.267. The summed E-state index contributed by atoms with van der Waals surface area (Å²) in [5.74, 6) is 0.812. The summed E-state index contributed by atoms with van der Waals surface area (Å²) in [4.78, 5) is 8.39. The highest BCUT2D eigenvalue weighted by Gasteiger charge is 2.11. The van der Waals surface area contributed by atoms with Crippen molar-refractivity contribution in [3.05, 3.63) is 12.5 Å². The van der Waals surface area contributed by atoms with Crippen LogP contribution in [-0.2, 0) is 4.74 Å². The molecule has 0 aliphatic carbocycles. The van der Waals surface area contributed by atoms with Gasteiger partial charge < -0.3 is 10.1 Å². The highest BCUT2D eigenvalue weighted by molar-refractivity contribution is 5.85. The first-order valence-corrected chi connectivity index (χ1v) is 6.24. The molecule has 2 heterocycles. The summed E-state index contributed by atoms with van der Waals surface area (Å²) in [6.45, 7) is 2.85. The van der Waals surface area contributed by atoms with Gasteiger partial charge >= 0.3 is 0 Å². The quantitative estimate of drug-likeness (QED) is 0.784. The van der Waals surface area contributed by atoms with Crippen molar-refractivity contribution in [2.75, 3.05) is 19.0 Å². The van der Waals surface area contributed by atoms with Crippen LogP contribution >= 0.6 is 0 Å². The van der Waals surface area contributed by atoms with Crippen LogP contribution in [-0.4, -0.2) is 39.9 Å². The normalized spacial score (nSPS) is 12.8. The van der Waals surface area contributed by atoms with Gasteiger partial charge in [-0.25, -0.2) is 9.97 Å². The van der Waals surface area contributed by atoms with Crippen molar-refractivity contribution in [1.29, 1.82) is 0 Å². The van der Waals surface area contributed by atoms with Crippen LogP contribution in [0.1, 0.15) is 26.2 Å². The maximum atomic E-state index is 5.24. The van der Waals surface area contributed by atoms with Crippen molar-refractivity contribution in [2.45, 2.75) is 32.2 Å². The number of aromatic amines is 1. The fourth-order valence-electron chi connectivity index (χ4n) is 1.92. The summed E-state index contributed by atoms with van der Waals surface area (Å²) < 4.78 is 5.24. The molecule has 0 amide bonds. The Kier molecular flexibility index (Phi) is 4.46. The van der Waals surface area contributed by atoms with E-state index in [1.54, 1.807) is 13.3 Å². The van der Waals surface area contributed by atoms with E-state index in [0.29, 0.717) is 6.61 Å². The number of hydrogen-bond donors (Lipinski definition) is 2. The van der Waals surface area contributed by atoms with Gasteiger partial charge in [0.05, 0.1) is 24.2 Å². The lowest BCUT2D eigenvalue weighted by Crippen LogP contribution is -2.25. The monoisotopic (exact) mass is 249 g/mol. The summed E-state index contributed by atoms with van der Waals surface area (Å²) >= 11 is 0. The molecule has 2 rings (SSSR count). The Labute approximate surface area is 106 Å². The molecular weight excluding hydrogens is 230 g/mol. The van der Waals surface area contributed by atoms with Crippen molar-refractivity contribution in [3.8, 4) is 0 Å². The van der Waals surface area contributed by atoms with Crippen LogP contribution in [0.5, 0.6) is 0 Å². The summed E-state index contributed by atoms with van der Waals surface area (Å²) in [6, 6.07) is 0.267. The molecule has 0 spiro atoms. The molecule has 1 unspecified atom stereocenters. The number of H-pyrrole nitrogens is 1. The molecule has 2 aromatic heterocycles. The topological polar surface area (TPSA) is 75.7 Å². The van der Waals surface area contributed by atoms with Gasteiger partial charge in [0.2, 0.25) is 0 Å². The second-order valence-electron chi connectivity index (χ2n) is 4.29. The minimum atomic E-state index is 0.267. The first-order valence-electron chi connectivity index (χ1n) is 6.24. The maximum Gasteiger partial charge on any atom is 0.160 e. The SMILES string of the molecule is CCCCC(COC)Nc1ncnc2[nH]ncc12. The van der Waals surface area contributed by atoms with E-state index in [9.17, 15) is 0 Å². The van der Waals surface area contributed by atoms with Gasteiger partial charge in [-0.05, 0) is 6.42 Å². The molecule has 0 saturated heterocycles. The third-order valence-corrected chi connectivity index (χ3v) is 2.86. The van der Waals surface area contributed by atoms with Gasteiger partial charge in [-0.15, -0.1) is 0 Å². The van der Waals surface area contributed by atoms with Gasteiger partial charge in [0.1, 0.15) is 12.1 Å². The molecule has 6 heteroatoms. The van der Waals surface area contributed by atoms with E-state index >= 15 is 0 Å². The van der Waals surface area contributed by atoms with Crippen molar-refractivity contribution >= 4 is 16.9 Å². The number of nitrogens with one attached hydrogen (secondary N) is 2. The lowest BCUT2D eigenvalue weighted by Gasteiger charge is -2.18. The Bertz CT molecular complexity index is 484. The smallest absolute Gasteiger partial charge is 0.160 e. The van der Waals surface area contributed by atoms with Gasteiger partial charge in [0.25, 0.3) is 0 Å². The van der Waals surface area contributed by atoms with Gasteiger partial charge in [-0.3, -0.25) is 5.10 Å². The van der Waals surface area contributed by atoms with Crippen LogP contribution in [0, 0.1) is 0 Å². The first-order chi connectivity index (χ1) is 8.85. The van der Waals surface area contributed by atoms with Crippen molar-refractivity contribution in [2.24, 2.45) is 0 Å². The largest absolute Gasteiger partial charge is 0.383 e. The molecule has 0 aromatic carbocycles. The number of unbranched alkanes of at least 4 members (excludes halogenated alkanes) is 1. The number of anilines is 1. The van der Waals surface area contributed by atoms with Crippen molar-refractivity contribution in [3.63, 3.8) is 0 Å². The zero-order valence-electron chi connectivity index (χ0n) is 10.8. The molecule has 2 N–H and O–H groups in total. The molecule has 98 valence electrons. The van der Waals surface area contributed by atoms with Crippen LogP contribution in [0.15, 0.2) is 12.5 Å². The van der Waals surface area contributed by atoms with Crippen molar-refractivity contribution < 1.29 is 4.74 Å². The maximum absolute atomic E-state index is 5.24. The Balaban J connectivity index is 2.12. The van der Waals surface area contributed by atoms with E-state index in [4.69, 9.17) is 4.74 Å². The predicted octanol–water partition coefficient (Wildman–Crippen LogP) is 1.97. The second-order valence-corrected chi connectivity index (χ2v) is 4.29. The van der Waals surface area contributed by atoms with E-state index in [-0.39, 0.29) is 6.04 Å². The molecule has 0 fully saturated rings. The molecule has 2 aromatic rings. The number of ether oxygens (including phenoxy) is 1. The zero-order valence-corrected chi connectivity index (χ0v) is 10.8. The van der Waals surface area contributed by atoms with Crippen LogP contribution in [0.4, 0.5) is 5.82 Å². The molecule has 0 bridgehead atoms. The minimum Gasteiger partial charge on any atom is -0.383 e. The number of nitrogens with zero attached hydrogens (tertiary/aromatic N) is 3. The highest BCUT2D eigenvalue weighted by atomic mass is 16.5. The number of methoxy groups -OCH3 is 1. The molecule has 0 radical (unpaired) electrons. The second kappa shape index (κ2) is 6.30. The molecule has 0 aliphatic heterocycles. The van der Waals surface area contributed by atoms with E-state index in [2.05, 4.69) is 32.4 Å². The van der Waals surface area contributed by atoms with Crippen LogP contribution in [0.2, 0.25) is 0 Å². The summed E-state index contributed by atoms with van der Waals surface area (Å²) in [5, 5.41) is 11.1.